The first-order valence-electron chi connectivity index (χ1n) is 7.18. The molecule has 1 heterocycles. The SMILES string of the molecule is CC(=O)N(CCc1ccccc1F)CC(=O)Nc1cc(C)on1. The summed E-state index contributed by atoms with van der Waals surface area (Å²) in [4.78, 5) is 25.0. The topological polar surface area (TPSA) is 75.4 Å². The van der Waals surface area contributed by atoms with Gasteiger partial charge in [0, 0.05) is 19.5 Å². The summed E-state index contributed by atoms with van der Waals surface area (Å²) in [6, 6.07) is 7.94. The Morgan fingerprint density at radius 1 is 1.35 bits per heavy atom. The molecule has 122 valence electrons. The third-order valence-corrected chi connectivity index (χ3v) is 3.28. The summed E-state index contributed by atoms with van der Waals surface area (Å²) in [5.41, 5.74) is 0.506. The summed E-state index contributed by atoms with van der Waals surface area (Å²) < 4.78 is 18.4. The lowest BCUT2D eigenvalue weighted by Crippen LogP contribution is -2.38. The first kappa shape index (κ1) is 16.7. The van der Waals surface area contributed by atoms with E-state index < -0.39 is 0 Å². The van der Waals surface area contributed by atoms with Gasteiger partial charge in [-0.1, -0.05) is 23.4 Å². The van der Waals surface area contributed by atoms with Gasteiger partial charge in [0.15, 0.2) is 5.82 Å². The first-order valence-corrected chi connectivity index (χ1v) is 7.18. The highest BCUT2D eigenvalue weighted by atomic mass is 19.1. The Balaban J connectivity index is 1.92. The van der Waals surface area contributed by atoms with Crippen LogP contribution < -0.4 is 5.32 Å². The van der Waals surface area contributed by atoms with Gasteiger partial charge in [-0.2, -0.15) is 0 Å². The number of anilines is 1. The van der Waals surface area contributed by atoms with E-state index in [4.69, 9.17) is 4.52 Å². The van der Waals surface area contributed by atoms with E-state index in [9.17, 15) is 14.0 Å². The van der Waals surface area contributed by atoms with Crippen LogP contribution in [0.3, 0.4) is 0 Å². The van der Waals surface area contributed by atoms with Crippen LogP contribution in [-0.2, 0) is 16.0 Å². The second-order valence-electron chi connectivity index (χ2n) is 5.15. The summed E-state index contributed by atoms with van der Waals surface area (Å²) in [7, 11) is 0. The minimum atomic E-state index is -0.387. The number of nitrogens with zero attached hydrogens (tertiary/aromatic N) is 2. The number of hydrogen-bond acceptors (Lipinski definition) is 4. The second kappa shape index (κ2) is 7.53. The van der Waals surface area contributed by atoms with Crippen LogP contribution in [0.15, 0.2) is 34.9 Å². The number of amides is 2. The second-order valence-corrected chi connectivity index (χ2v) is 5.15. The molecule has 0 fully saturated rings. The molecule has 7 heteroatoms. The van der Waals surface area contributed by atoms with E-state index in [-0.39, 0.29) is 30.7 Å². The molecule has 23 heavy (non-hydrogen) atoms. The van der Waals surface area contributed by atoms with Crippen molar-refractivity contribution in [1.82, 2.24) is 10.1 Å². The van der Waals surface area contributed by atoms with Crippen molar-refractivity contribution in [3.05, 3.63) is 47.5 Å². The Bertz CT molecular complexity index is 699. The number of halogens is 1. The van der Waals surface area contributed by atoms with Crippen LogP contribution in [0.4, 0.5) is 10.2 Å². The van der Waals surface area contributed by atoms with E-state index in [0.717, 1.165) is 0 Å². The van der Waals surface area contributed by atoms with Crippen molar-refractivity contribution in [3.8, 4) is 0 Å². The maximum atomic E-state index is 13.6. The van der Waals surface area contributed by atoms with Gasteiger partial charge < -0.3 is 14.7 Å². The van der Waals surface area contributed by atoms with Gasteiger partial charge in [-0.3, -0.25) is 9.59 Å². The van der Waals surface area contributed by atoms with Gasteiger partial charge in [-0.05, 0) is 25.0 Å². The highest BCUT2D eigenvalue weighted by Crippen LogP contribution is 2.09. The number of benzene rings is 1. The third-order valence-electron chi connectivity index (χ3n) is 3.28. The average Bonchev–Trinajstić information content (AvgIpc) is 2.89. The standard InChI is InChI=1S/C16H18FN3O3/c1-11-9-15(19-23-11)18-16(22)10-20(12(2)21)8-7-13-5-3-4-6-14(13)17/h3-6,9H,7-8,10H2,1-2H3,(H,18,19,22). The van der Waals surface area contributed by atoms with Gasteiger partial charge in [0.2, 0.25) is 11.8 Å². The maximum absolute atomic E-state index is 13.6. The lowest BCUT2D eigenvalue weighted by molar-refractivity contribution is -0.132. The van der Waals surface area contributed by atoms with Gasteiger partial charge in [0.1, 0.15) is 11.6 Å². The molecule has 0 spiro atoms. The molecule has 2 amide bonds. The van der Waals surface area contributed by atoms with Gasteiger partial charge in [0.25, 0.3) is 0 Å². The molecular formula is C16H18FN3O3. The smallest absolute Gasteiger partial charge is 0.245 e. The molecule has 1 aromatic heterocycles. The number of aromatic nitrogens is 1. The number of rotatable bonds is 6. The molecular weight excluding hydrogens is 301 g/mol. The molecule has 1 N–H and O–H groups in total. The number of carbonyl (C=O) groups excluding carboxylic acids is 2. The number of hydrogen-bond donors (Lipinski definition) is 1. The zero-order valence-corrected chi connectivity index (χ0v) is 13.0. The predicted molar refractivity (Wildman–Crippen MR) is 82.2 cm³/mol. The number of nitrogens with one attached hydrogen (secondary N) is 1. The van der Waals surface area contributed by atoms with Crippen LogP contribution >= 0.6 is 0 Å². The van der Waals surface area contributed by atoms with E-state index in [1.54, 1.807) is 31.2 Å². The molecule has 0 bridgehead atoms. The fourth-order valence-corrected chi connectivity index (χ4v) is 2.09. The zero-order chi connectivity index (χ0) is 16.8. The Hall–Kier alpha value is -2.70. The van der Waals surface area contributed by atoms with Crippen molar-refractivity contribution in [3.63, 3.8) is 0 Å². The molecule has 0 saturated carbocycles. The molecule has 0 atom stereocenters. The monoisotopic (exact) mass is 319 g/mol. The van der Waals surface area contributed by atoms with Crippen molar-refractivity contribution in [2.45, 2.75) is 20.3 Å². The van der Waals surface area contributed by atoms with Crippen molar-refractivity contribution >= 4 is 17.6 Å². The zero-order valence-electron chi connectivity index (χ0n) is 13.0. The lowest BCUT2D eigenvalue weighted by atomic mass is 10.1. The summed E-state index contributed by atoms with van der Waals surface area (Å²) in [5.74, 6) is -0.0956. The normalized spacial score (nSPS) is 10.4. The average molecular weight is 319 g/mol. The fraction of sp³-hybridized carbons (Fsp3) is 0.312. The van der Waals surface area contributed by atoms with Crippen LogP contribution in [-0.4, -0.2) is 35.0 Å². The van der Waals surface area contributed by atoms with Crippen LogP contribution in [0.2, 0.25) is 0 Å². The van der Waals surface area contributed by atoms with Gasteiger partial charge in [0.05, 0.1) is 6.54 Å². The molecule has 0 aliphatic carbocycles. The summed E-state index contributed by atoms with van der Waals surface area (Å²) in [6.45, 7) is 3.20. The molecule has 0 aliphatic rings. The van der Waals surface area contributed by atoms with Crippen LogP contribution in [0.25, 0.3) is 0 Å². The number of carbonyl (C=O) groups is 2. The van der Waals surface area contributed by atoms with E-state index in [0.29, 0.717) is 23.6 Å². The van der Waals surface area contributed by atoms with Gasteiger partial charge in [-0.15, -0.1) is 0 Å². The van der Waals surface area contributed by atoms with E-state index in [1.165, 1.54) is 17.9 Å². The Kier molecular flexibility index (Phi) is 5.46. The fourth-order valence-electron chi connectivity index (χ4n) is 2.09. The van der Waals surface area contributed by atoms with Crippen molar-refractivity contribution in [1.29, 1.82) is 0 Å². The summed E-state index contributed by atoms with van der Waals surface area (Å²) in [5, 5.41) is 6.20. The Morgan fingerprint density at radius 2 is 2.09 bits per heavy atom. The minimum Gasteiger partial charge on any atom is -0.360 e. The van der Waals surface area contributed by atoms with E-state index >= 15 is 0 Å². The number of aryl methyl sites for hydroxylation is 1. The minimum absolute atomic E-state index is 0.129. The van der Waals surface area contributed by atoms with Crippen LogP contribution in [0.1, 0.15) is 18.2 Å². The summed E-state index contributed by atoms with van der Waals surface area (Å²) in [6.07, 6.45) is 0.336. The van der Waals surface area contributed by atoms with Crippen LogP contribution in [0.5, 0.6) is 0 Å². The summed E-state index contributed by atoms with van der Waals surface area (Å²) >= 11 is 0. The molecule has 1 aromatic carbocycles. The molecule has 2 aromatic rings. The molecule has 0 aliphatic heterocycles. The van der Waals surface area contributed by atoms with Gasteiger partial charge in [-0.25, -0.2) is 4.39 Å². The highest BCUT2D eigenvalue weighted by molar-refractivity contribution is 5.93. The molecule has 0 radical (unpaired) electrons. The lowest BCUT2D eigenvalue weighted by Gasteiger charge is -2.20. The maximum Gasteiger partial charge on any atom is 0.245 e. The Labute approximate surface area is 133 Å². The predicted octanol–water partition coefficient (Wildman–Crippen LogP) is 2.15. The molecule has 0 saturated heterocycles. The first-order chi connectivity index (χ1) is 11.0. The van der Waals surface area contributed by atoms with Gasteiger partial charge >= 0.3 is 0 Å². The van der Waals surface area contributed by atoms with E-state index in [1.807, 2.05) is 0 Å². The molecule has 6 nitrogen and oxygen atoms in total. The van der Waals surface area contributed by atoms with Crippen molar-refractivity contribution in [2.75, 3.05) is 18.4 Å². The Morgan fingerprint density at radius 3 is 2.70 bits per heavy atom. The van der Waals surface area contributed by atoms with Crippen molar-refractivity contribution < 1.29 is 18.5 Å². The molecule has 0 unspecified atom stereocenters. The highest BCUT2D eigenvalue weighted by Gasteiger charge is 2.15. The quantitative estimate of drug-likeness (QED) is 0.885. The largest absolute Gasteiger partial charge is 0.360 e. The van der Waals surface area contributed by atoms with Crippen molar-refractivity contribution in [2.24, 2.45) is 0 Å². The van der Waals surface area contributed by atoms with Crippen LogP contribution in [0, 0.1) is 12.7 Å². The molecule has 2 rings (SSSR count). The van der Waals surface area contributed by atoms with E-state index in [2.05, 4.69) is 10.5 Å². The third kappa shape index (κ3) is 4.91.